The fourth-order valence-electron chi connectivity index (χ4n) is 3.53. The molecule has 0 bridgehead atoms. The van der Waals surface area contributed by atoms with Gasteiger partial charge in [0.15, 0.2) is 0 Å². The number of carbonyl (C=O) groups excluding carboxylic acids is 2. The van der Waals surface area contributed by atoms with Gasteiger partial charge in [-0.05, 0) is 55.8 Å². The summed E-state index contributed by atoms with van der Waals surface area (Å²) in [6.45, 7) is 5.85. The second kappa shape index (κ2) is 11.7. The number of piperidine rings is 1. The topological polar surface area (TPSA) is 61.4 Å². The number of thioether (sulfide) groups is 1. The van der Waals surface area contributed by atoms with Crippen LogP contribution in [0.5, 0.6) is 0 Å². The Morgan fingerprint density at radius 2 is 1.84 bits per heavy atom. The molecule has 0 aliphatic carbocycles. The monoisotopic (exact) mass is 441 g/mol. The van der Waals surface area contributed by atoms with Crippen LogP contribution < -0.4 is 10.6 Å². The van der Waals surface area contributed by atoms with E-state index in [4.69, 9.17) is 0 Å². The molecule has 0 saturated carbocycles. The van der Waals surface area contributed by atoms with Crippen LogP contribution in [0.25, 0.3) is 0 Å². The molecule has 1 fully saturated rings. The molecule has 2 amide bonds. The normalized spacial score (nSPS) is 14.7. The molecule has 7 heteroatoms. The van der Waals surface area contributed by atoms with Gasteiger partial charge in [-0.15, -0.1) is 18.3 Å². The molecule has 0 spiro atoms. The minimum Gasteiger partial charge on any atom is -0.352 e. The molecular formula is C24H28FN3O2S. The van der Waals surface area contributed by atoms with Crippen LogP contribution in [0.15, 0.2) is 66.1 Å². The number of hydrogen-bond acceptors (Lipinski definition) is 4. The fraction of sp³-hybridized carbons (Fsp3) is 0.333. The number of likely N-dealkylation sites (tertiary alicyclic amines) is 1. The zero-order chi connectivity index (χ0) is 22.1. The van der Waals surface area contributed by atoms with Crippen LogP contribution in [0.1, 0.15) is 18.4 Å². The highest BCUT2D eigenvalue weighted by Crippen LogP contribution is 2.27. The Hall–Kier alpha value is -2.64. The average Bonchev–Trinajstić information content (AvgIpc) is 2.78. The van der Waals surface area contributed by atoms with Gasteiger partial charge in [0.2, 0.25) is 11.8 Å². The maximum atomic E-state index is 13.0. The number of nitrogens with zero attached hydrogens (tertiary/aromatic N) is 1. The largest absolute Gasteiger partial charge is 0.352 e. The molecule has 3 rings (SSSR count). The summed E-state index contributed by atoms with van der Waals surface area (Å²) in [5, 5.41) is 5.93. The summed E-state index contributed by atoms with van der Waals surface area (Å²) >= 11 is 1.63. The van der Waals surface area contributed by atoms with Crippen molar-refractivity contribution in [3.63, 3.8) is 0 Å². The number of hydrogen-bond donors (Lipinski definition) is 2. The van der Waals surface area contributed by atoms with Crippen molar-refractivity contribution in [1.82, 2.24) is 10.2 Å². The van der Waals surface area contributed by atoms with Gasteiger partial charge >= 0.3 is 0 Å². The van der Waals surface area contributed by atoms with Crippen molar-refractivity contribution in [2.24, 2.45) is 5.92 Å². The maximum absolute atomic E-state index is 13.0. The minimum absolute atomic E-state index is 0.0154. The molecule has 2 N–H and O–H groups in total. The van der Waals surface area contributed by atoms with E-state index in [9.17, 15) is 14.0 Å². The Morgan fingerprint density at radius 1 is 1.13 bits per heavy atom. The van der Waals surface area contributed by atoms with Crippen LogP contribution in [0, 0.1) is 11.7 Å². The molecule has 164 valence electrons. The van der Waals surface area contributed by atoms with Gasteiger partial charge < -0.3 is 10.6 Å². The molecule has 0 atom stereocenters. The third-order valence-corrected chi connectivity index (χ3v) is 6.29. The van der Waals surface area contributed by atoms with Gasteiger partial charge in [0, 0.05) is 23.1 Å². The first kappa shape index (κ1) is 23.0. The summed E-state index contributed by atoms with van der Waals surface area (Å²) in [5.41, 5.74) is 1.68. The first-order valence-electron chi connectivity index (χ1n) is 10.4. The summed E-state index contributed by atoms with van der Waals surface area (Å²) in [7, 11) is 0. The zero-order valence-corrected chi connectivity index (χ0v) is 18.3. The molecule has 1 saturated heterocycles. The van der Waals surface area contributed by atoms with Crippen molar-refractivity contribution in [1.29, 1.82) is 0 Å². The smallest absolute Gasteiger partial charge is 0.238 e. The van der Waals surface area contributed by atoms with Gasteiger partial charge in [0.25, 0.3) is 0 Å². The first-order chi connectivity index (χ1) is 15.0. The summed E-state index contributed by atoms with van der Waals surface area (Å²) in [6, 6.07) is 13.9. The Kier molecular flexibility index (Phi) is 8.67. The molecule has 0 unspecified atom stereocenters. The van der Waals surface area contributed by atoms with E-state index < -0.39 is 0 Å². The molecule has 2 aromatic carbocycles. The fourth-order valence-corrected chi connectivity index (χ4v) is 4.27. The van der Waals surface area contributed by atoms with Gasteiger partial charge in [0.1, 0.15) is 5.82 Å². The van der Waals surface area contributed by atoms with Gasteiger partial charge in [0.05, 0.1) is 12.2 Å². The van der Waals surface area contributed by atoms with Crippen LogP contribution in [-0.2, 0) is 16.1 Å². The molecule has 1 aliphatic heterocycles. The maximum Gasteiger partial charge on any atom is 0.238 e. The average molecular weight is 442 g/mol. The standard InChI is InChI=1S/C24H28FN3O2S/c1-2-15-31-22-6-4-3-5-21(22)27-23(29)17-28-13-11-19(12-14-28)24(30)26-16-18-7-9-20(25)10-8-18/h2-10,19H,1,11-17H2,(H,26,30)(H,27,29). The third-order valence-electron chi connectivity index (χ3n) is 5.22. The minimum atomic E-state index is -0.287. The van der Waals surface area contributed by atoms with Crippen molar-refractivity contribution in [3.05, 3.63) is 72.6 Å². The predicted octanol–water partition coefficient (Wildman–Crippen LogP) is 4.07. The molecule has 1 heterocycles. The Labute approximate surface area is 187 Å². The van der Waals surface area contributed by atoms with Gasteiger partial charge in [-0.25, -0.2) is 4.39 Å². The third kappa shape index (κ3) is 7.22. The Bertz CT molecular complexity index is 896. The lowest BCUT2D eigenvalue weighted by Gasteiger charge is -2.30. The summed E-state index contributed by atoms with van der Waals surface area (Å²) in [5.74, 6) is 0.401. The van der Waals surface area contributed by atoms with Crippen LogP contribution in [0.3, 0.4) is 0 Å². The van der Waals surface area contributed by atoms with Crippen molar-refractivity contribution in [2.45, 2.75) is 24.3 Å². The lowest BCUT2D eigenvalue weighted by Crippen LogP contribution is -2.43. The number of anilines is 1. The number of halogens is 1. The van der Waals surface area contributed by atoms with Crippen LogP contribution in [0.4, 0.5) is 10.1 Å². The van der Waals surface area contributed by atoms with E-state index in [0.717, 1.165) is 21.9 Å². The highest BCUT2D eigenvalue weighted by Gasteiger charge is 2.25. The Morgan fingerprint density at radius 3 is 2.55 bits per heavy atom. The van der Waals surface area contributed by atoms with E-state index in [0.29, 0.717) is 39.0 Å². The van der Waals surface area contributed by atoms with Crippen LogP contribution in [-0.4, -0.2) is 42.1 Å². The van der Waals surface area contributed by atoms with E-state index in [1.165, 1.54) is 12.1 Å². The summed E-state index contributed by atoms with van der Waals surface area (Å²) in [6.07, 6.45) is 3.27. The number of carbonyl (C=O) groups is 2. The second-order valence-corrected chi connectivity index (χ2v) is 8.60. The summed E-state index contributed by atoms with van der Waals surface area (Å²) in [4.78, 5) is 28.1. The van der Waals surface area contributed by atoms with E-state index in [1.54, 1.807) is 23.9 Å². The quantitative estimate of drug-likeness (QED) is 0.455. The number of benzene rings is 2. The van der Waals surface area contributed by atoms with Crippen molar-refractivity contribution in [3.8, 4) is 0 Å². The van der Waals surface area contributed by atoms with E-state index in [-0.39, 0.29) is 23.5 Å². The predicted molar refractivity (Wildman–Crippen MR) is 123 cm³/mol. The molecule has 0 radical (unpaired) electrons. The van der Waals surface area contributed by atoms with E-state index in [2.05, 4.69) is 22.1 Å². The van der Waals surface area contributed by atoms with E-state index >= 15 is 0 Å². The lowest BCUT2D eigenvalue weighted by atomic mass is 9.96. The van der Waals surface area contributed by atoms with Crippen LogP contribution >= 0.6 is 11.8 Å². The molecule has 2 aromatic rings. The molecule has 0 aromatic heterocycles. The number of para-hydroxylation sites is 1. The first-order valence-corrected chi connectivity index (χ1v) is 11.4. The molecule has 1 aliphatic rings. The second-order valence-electron chi connectivity index (χ2n) is 7.54. The van der Waals surface area contributed by atoms with Crippen LogP contribution in [0.2, 0.25) is 0 Å². The lowest BCUT2D eigenvalue weighted by molar-refractivity contribution is -0.126. The van der Waals surface area contributed by atoms with Gasteiger partial charge in [-0.2, -0.15) is 0 Å². The zero-order valence-electron chi connectivity index (χ0n) is 17.5. The SMILES string of the molecule is C=CCSc1ccccc1NC(=O)CN1CCC(C(=O)NCc2ccc(F)cc2)CC1. The molecule has 5 nitrogen and oxygen atoms in total. The summed E-state index contributed by atoms with van der Waals surface area (Å²) < 4.78 is 13.0. The van der Waals surface area contributed by atoms with Crippen molar-refractivity contribution in [2.75, 3.05) is 30.7 Å². The number of rotatable bonds is 9. The number of amides is 2. The van der Waals surface area contributed by atoms with Crippen molar-refractivity contribution >= 4 is 29.3 Å². The van der Waals surface area contributed by atoms with Gasteiger partial charge in [-0.1, -0.05) is 30.3 Å². The van der Waals surface area contributed by atoms with Gasteiger partial charge in [-0.3, -0.25) is 14.5 Å². The highest BCUT2D eigenvalue weighted by atomic mass is 32.2. The van der Waals surface area contributed by atoms with E-state index in [1.807, 2.05) is 30.3 Å². The molecular weight excluding hydrogens is 413 g/mol. The van der Waals surface area contributed by atoms with Crippen molar-refractivity contribution < 1.29 is 14.0 Å². The Balaban J connectivity index is 1.41. The number of nitrogens with one attached hydrogen (secondary N) is 2. The highest BCUT2D eigenvalue weighted by molar-refractivity contribution is 7.99. The molecule has 31 heavy (non-hydrogen) atoms.